The minimum atomic E-state index is 0.168. The molecular formula is C12H13N5. The van der Waals surface area contributed by atoms with E-state index >= 15 is 0 Å². The summed E-state index contributed by atoms with van der Waals surface area (Å²) >= 11 is 0. The van der Waals surface area contributed by atoms with E-state index in [1.54, 1.807) is 0 Å². The summed E-state index contributed by atoms with van der Waals surface area (Å²) in [4.78, 5) is 0. The van der Waals surface area contributed by atoms with Gasteiger partial charge >= 0.3 is 0 Å². The highest BCUT2D eigenvalue weighted by atomic mass is 15.2. The SMILES string of the molecule is Cn1cc(/C(N)=C(\C#N)NN)c2ccccc21. The monoisotopic (exact) mass is 227 g/mol. The largest absolute Gasteiger partial charge is 0.396 e. The Morgan fingerprint density at radius 2 is 2.12 bits per heavy atom. The summed E-state index contributed by atoms with van der Waals surface area (Å²) in [7, 11) is 1.93. The summed E-state index contributed by atoms with van der Waals surface area (Å²) in [6.45, 7) is 0. The molecule has 86 valence electrons. The van der Waals surface area contributed by atoms with Gasteiger partial charge in [0.05, 0.1) is 5.70 Å². The number of para-hydroxylation sites is 1. The summed E-state index contributed by atoms with van der Waals surface area (Å²) in [6, 6.07) is 9.78. The fraction of sp³-hybridized carbons (Fsp3) is 0.0833. The van der Waals surface area contributed by atoms with E-state index in [-0.39, 0.29) is 5.70 Å². The number of hydrazine groups is 1. The van der Waals surface area contributed by atoms with Crippen LogP contribution in [0.5, 0.6) is 0 Å². The number of allylic oxidation sites excluding steroid dienone is 1. The van der Waals surface area contributed by atoms with Gasteiger partial charge in [0.1, 0.15) is 6.07 Å². The second kappa shape index (κ2) is 4.20. The van der Waals surface area contributed by atoms with Crippen molar-refractivity contribution < 1.29 is 0 Å². The molecule has 0 saturated carbocycles. The van der Waals surface area contributed by atoms with Crippen LogP contribution in [0.1, 0.15) is 5.56 Å². The van der Waals surface area contributed by atoms with E-state index in [0.29, 0.717) is 5.70 Å². The van der Waals surface area contributed by atoms with E-state index in [9.17, 15) is 0 Å². The molecule has 1 aromatic heterocycles. The van der Waals surface area contributed by atoms with Gasteiger partial charge in [-0.05, 0) is 6.07 Å². The molecule has 0 spiro atoms. The summed E-state index contributed by atoms with van der Waals surface area (Å²) < 4.78 is 1.96. The molecule has 0 bridgehead atoms. The lowest BCUT2D eigenvalue weighted by atomic mass is 10.1. The van der Waals surface area contributed by atoms with Crippen molar-refractivity contribution in [3.05, 3.63) is 41.7 Å². The van der Waals surface area contributed by atoms with Crippen molar-refractivity contribution >= 4 is 16.6 Å². The third-order valence-electron chi connectivity index (χ3n) is 2.71. The molecule has 2 aromatic rings. The van der Waals surface area contributed by atoms with Gasteiger partial charge in [-0.25, -0.2) is 5.84 Å². The molecule has 5 heteroatoms. The summed E-state index contributed by atoms with van der Waals surface area (Å²) in [5, 5.41) is 9.90. The maximum absolute atomic E-state index is 8.90. The van der Waals surface area contributed by atoms with E-state index in [0.717, 1.165) is 16.5 Å². The van der Waals surface area contributed by atoms with Gasteiger partial charge in [0.25, 0.3) is 0 Å². The van der Waals surface area contributed by atoms with Crippen molar-refractivity contribution in [3.63, 3.8) is 0 Å². The molecule has 1 heterocycles. The minimum absolute atomic E-state index is 0.168. The molecule has 0 unspecified atom stereocenters. The Labute approximate surface area is 98.9 Å². The predicted octanol–water partition coefficient (Wildman–Crippen LogP) is 0.792. The lowest BCUT2D eigenvalue weighted by Gasteiger charge is -2.03. The van der Waals surface area contributed by atoms with Crippen LogP contribution in [0.2, 0.25) is 0 Å². The predicted molar refractivity (Wildman–Crippen MR) is 67.0 cm³/mol. The van der Waals surface area contributed by atoms with Gasteiger partial charge in [-0.2, -0.15) is 5.26 Å². The fourth-order valence-electron chi connectivity index (χ4n) is 1.86. The molecule has 0 radical (unpaired) electrons. The highest BCUT2D eigenvalue weighted by molar-refractivity contribution is 5.93. The molecule has 1 aromatic carbocycles. The normalized spacial score (nSPS) is 12.1. The quantitative estimate of drug-likeness (QED) is 0.402. The molecule has 0 aliphatic heterocycles. The summed E-state index contributed by atoms with van der Waals surface area (Å²) in [5.41, 5.74) is 10.6. The first-order valence-corrected chi connectivity index (χ1v) is 5.10. The van der Waals surface area contributed by atoms with Crippen molar-refractivity contribution in [2.24, 2.45) is 18.6 Å². The van der Waals surface area contributed by atoms with Crippen LogP contribution in [0.3, 0.4) is 0 Å². The van der Waals surface area contributed by atoms with Crippen molar-refractivity contribution in [3.8, 4) is 6.07 Å². The highest BCUT2D eigenvalue weighted by Gasteiger charge is 2.11. The molecule has 2 rings (SSSR count). The summed E-state index contributed by atoms with van der Waals surface area (Å²) in [6.07, 6.45) is 1.88. The average Bonchev–Trinajstić information content (AvgIpc) is 2.69. The van der Waals surface area contributed by atoms with Crippen LogP contribution >= 0.6 is 0 Å². The first-order valence-electron chi connectivity index (χ1n) is 5.10. The molecular weight excluding hydrogens is 214 g/mol. The number of rotatable bonds is 2. The van der Waals surface area contributed by atoms with Gasteiger partial charge in [0.2, 0.25) is 0 Å². The van der Waals surface area contributed by atoms with Gasteiger partial charge in [-0.3, -0.25) is 0 Å². The van der Waals surface area contributed by atoms with E-state index in [1.807, 2.05) is 48.1 Å². The summed E-state index contributed by atoms with van der Waals surface area (Å²) in [5.74, 6) is 5.26. The molecule has 0 aliphatic rings. The van der Waals surface area contributed by atoms with Gasteiger partial charge in [0.15, 0.2) is 5.70 Å². The molecule has 5 nitrogen and oxygen atoms in total. The standard InChI is InChI=1S/C12H13N5/c1-17-7-9(12(14)10(6-13)16-15)8-4-2-3-5-11(8)17/h2-5,7,16H,14-15H2,1H3/b12-10-. The number of aryl methyl sites for hydroxylation is 1. The second-order valence-electron chi connectivity index (χ2n) is 3.72. The Kier molecular flexibility index (Phi) is 2.73. The topological polar surface area (TPSA) is 92.8 Å². The van der Waals surface area contributed by atoms with Crippen molar-refractivity contribution in [1.29, 1.82) is 5.26 Å². The van der Waals surface area contributed by atoms with Gasteiger partial charge in [-0.1, -0.05) is 18.2 Å². The van der Waals surface area contributed by atoms with Crippen LogP contribution in [0.4, 0.5) is 0 Å². The Morgan fingerprint density at radius 3 is 2.76 bits per heavy atom. The number of nitriles is 1. The third kappa shape index (κ3) is 1.71. The lowest BCUT2D eigenvalue weighted by molar-refractivity contribution is 0.919. The van der Waals surface area contributed by atoms with Crippen LogP contribution in [0.15, 0.2) is 36.2 Å². The van der Waals surface area contributed by atoms with E-state index in [2.05, 4.69) is 5.43 Å². The third-order valence-corrected chi connectivity index (χ3v) is 2.71. The fourth-order valence-corrected chi connectivity index (χ4v) is 1.86. The first kappa shape index (κ1) is 11.0. The Bertz CT molecular complexity index is 630. The minimum Gasteiger partial charge on any atom is -0.396 e. The zero-order valence-corrected chi connectivity index (χ0v) is 9.44. The number of aromatic nitrogens is 1. The molecule has 17 heavy (non-hydrogen) atoms. The molecule has 5 N–H and O–H groups in total. The van der Waals surface area contributed by atoms with Crippen LogP contribution < -0.4 is 17.0 Å². The Balaban J connectivity index is 2.73. The smallest absolute Gasteiger partial charge is 0.151 e. The zero-order chi connectivity index (χ0) is 12.4. The first-order chi connectivity index (χ1) is 8.19. The number of nitrogens with zero attached hydrogens (tertiary/aromatic N) is 2. The van der Waals surface area contributed by atoms with Crippen LogP contribution in [-0.2, 0) is 7.05 Å². The lowest BCUT2D eigenvalue weighted by Crippen LogP contribution is -2.23. The van der Waals surface area contributed by atoms with Crippen LogP contribution in [0, 0.1) is 11.3 Å². The van der Waals surface area contributed by atoms with E-state index < -0.39 is 0 Å². The van der Waals surface area contributed by atoms with Crippen molar-refractivity contribution in [2.45, 2.75) is 0 Å². The van der Waals surface area contributed by atoms with E-state index in [4.69, 9.17) is 16.8 Å². The number of nitrogens with one attached hydrogen (secondary N) is 1. The van der Waals surface area contributed by atoms with Gasteiger partial charge in [0, 0.05) is 29.7 Å². The van der Waals surface area contributed by atoms with Crippen LogP contribution in [0.25, 0.3) is 16.6 Å². The maximum Gasteiger partial charge on any atom is 0.151 e. The molecule has 0 aliphatic carbocycles. The number of hydrogen-bond donors (Lipinski definition) is 3. The van der Waals surface area contributed by atoms with Crippen LogP contribution in [-0.4, -0.2) is 4.57 Å². The second-order valence-corrected chi connectivity index (χ2v) is 3.72. The van der Waals surface area contributed by atoms with Gasteiger partial charge < -0.3 is 15.7 Å². The average molecular weight is 227 g/mol. The zero-order valence-electron chi connectivity index (χ0n) is 9.44. The highest BCUT2D eigenvalue weighted by Crippen LogP contribution is 2.25. The number of hydrogen-bond acceptors (Lipinski definition) is 4. The molecule has 0 fully saturated rings. The van der Waals surface area contributed by atoms with Gasteiger partial charge in [-0.15, -0.1) is 0 Å². The van der Waals surface area contributed by atoms with Crippen molar-refractivity contribution in [2.75, 3.05) is 0 Å². The number of fused-ring (bicyclic) bond motifs is 1. The Morgan fingerprint density at radius 1 is 1.41 bits per heavy atom. The maximum atomic E-state index is 8.90. The number of benzene rings is 1. The molecule has 0 saturated heterocycles. The van der Waals surface area contributed by atoms with Crippen molar-refractivity contribution in [1.82, 2.24) is 9.99 Å². The molecule has 0 atom stereocenters. The molecule has 0 amide bonds. The number of nitrogens with two attached hydrogens (primary N) is 2. The van der Waals surface area contributed by atoms with E-state index in [1.165, 1.54) is 0 Å². The Hall–Kier alpha value is -2.45.